The molecule has 1 aromatic carbocycles. The number of ether oxygens (including phenoxy) is 9. The number of esters is 2. The number of cyclic esters (lactones) is 1. The van der Waals surface area contributed by atoms with Crippen LogP contribution in [-0.2, 0) is 65.2 Å². The number of aliphatic hydroxyl groups is 4. The van der Waals surface area contributed by atoms with Crippen LogP contribution in [0.5, 0.6) is 0 Å². The van der Waals surface area contributed by atoms with E-state index < -0.39 is 113 Å². The SMILES string of the molecule is CC[C@H]1OC(=O)[C@H](C)[C@@H](O[C@H]2C[C@@](C)(OC)[C@@H](OC(=O)CCOCCOCCNc3cc4c5c(c3)c(=O)c(C(=O)O)cn5CCC4)[C@H](C)O2)[C@H](C)[C@@H](O[C@@H]2O[C@H](C)C[C@H](N(C)C)[C@H]2O)[C@](C)(O)C[C@@H](C)CN(C)[C@H](C)[C@@H](O)[C@]1(C)O. The molecule has 3 fully saturated rings. The van der Waals surface area contributed by atoms with Crippen molar-refractivity contribution in [3.63, 3.8) is 0 Å². The fourth-order valence-electron chi connectivity index (χ4n) is 12.6. The van der Waals surface area contributed by atoms with E-state index in [-0.39, 0.29) is 69.1 Å². The van der Waals surface area contributed by atoms with Crippen LogP contribution in [0.2, 0.25) is 0 Å². The molecule has 2 aromatic rings. The van der Waals surface area contributed by atoms with Gasteiger partial charge in [0.15, 0.2) is 18.7 Å². The first-order valence-electron chi connectivity index (χ1n) is 28.6. The number of carboxylic acids is 1. The molecule has 0 aliphatic carbocycles. The minimum atomic E-state index is -1.87. The fourth-order valence-corrected chi connectivity index (χ4v) is 12.6. The molecule has 1 aromatic heterocycles. The number of rotatable bonds is 19. The molecule has 5 heterocycles. The lowest BCUT2D eigenvalue weighted by Gasteiger charge is -2.49. The number of likely N-dealkylation sites (N-methyl/N-ethyl adjacent to an activating group) is 2. The van der Waals surface area contributed by atoms with Crippen molar-refractivity contribution in [1.29, 1.82) is 0 Å². The molecule has 0 bridgehead atoms. The van der Waals surface area contributed by atoms with Gasteiger partial charge < -0.3 is 87.8 Å². The highest BCUT2D eigenvalue weighted by molar-refractivity contribution is 5.95. The van der Waals surface area contributed by atoms with Gasteiger partial charge in [-0.25, -0.2) is 4.79 Å². The van der Waals surface area contributed by atoms with Gasteiger partial charge in [0.05, 0.1) is 74.3 Å². The highest BCUT2D eigenvalue weighted by Gasteiger charge is 2.54. The molecule has 0 unspecified atom stereocenters. The molecule has 4 aliphatic rings. The van der Waals surface area contributed by atoms with Crippen LogP contribution in [0.15, 0.2) is 23.1 Å². The zero-order valence-corrected chi connectivity index (χ0v) is 49.7. The Labute approximate surface area is 471 Å². The zero-order valence-electron chi connectivity index (χ0n) is 49.7. The number of aromatic carboxylic acids is 1. The second-order valence-electron chi connectivity index (χ2n) is 24.0. The molecule has 0 amide bonds. The summed E-state index contributed by atoms with van der Waals surface area (Å²) >= 11 is 0. The van der Waals surface area contributed by atoms with E-state index in [1.54, 1.807) is 54.5 Å². The van der Waals surface area contributed by atoms with E-state index in [0.29, 0.717) is 43.7 Å². The average molecular weight is 1140 g/mol. The van der Waals surface area contributed by atoms with Crippen molar-refractivity contribution >= 4 is 34.5 Å². The topological polar surface area (TPSA) is 276 Å². The maximum atomic E-state index is 14.6. The number of hydrogen-bond donors (Lipinski definition) is 6. The molecule has 0 radical (unpaired) electrons. The molecule has 0 saturated carbocycles. The van der Waals surface area contributed by atoms with Crippen molar-refractivity contribution in [2.75, 3.05) is 73.1 Å². The molecule has 22 nitrogen and oxygen atoms in total. The highest BCUT2D eigenvalue weighted by atomic mass is 16.7. The number of carbonyl (C=O) groups excluding carboxylic acids is 2. The van der Waals surface area contributed by atoms with Gasteiger partial charge in [-0.3, -0.25) is 14.4 Å². The van der Waals surface area contributed by atoms with Crippen molar-refractivity contribution in [2.45, 2.75) is 211 Å². The van der Waals surface area contributed by atoms with E-state index in [1.165, 1.54) is 20.2 Å². The van der Waals surface area contributed by atoms with E-state index in [9.17, 15) is 44.7 Å². The summed E-state index contributed by atoms with van der Waals surface area (Å²) in [4.78, 5) is 56.6. The zero-order chi connectivity index (χ0) is 59.2. The maximum Gasteiger partial charge on any atom is 0.341 e. The van der Waals surface area contributed by atoms with Gasteiger partial charge in [-0.1, -0.05) is 20.8 Å². The Hall–Kier alpha value is -3.88. The third kappa shape index (κ3) is 15.3. The fraction of sp³-hybridized carbons (Fsp3) is 0.793. The summed E-state index contributed by atoms with van der Waals surface area (Å²) in [7, 11) is 7.06. The molecular formula is C58H94N4O18. The molecule has 6 N–H and O–H groups in total. The number of aliphatic hydroxyl groups excluding tert-OH is 2. The van der Waals surface area contributed by atoms with Gasteiger partial charge in [-0.2, -0.15) is 0 Å². The Morgan fingerprint density at radius 3 is 2.26 bits per heavy atom. The monoisotopic (exact) mass is 1130 g/mol. The number of anilines is 1. The van der Waals surface area contributed by atoms with E-state index >= 15 is 0 Å². The van der Waals surface area contributed by atoms with E-state index in [2.05, 4.69) is 5.32 Å². The quantitative estimate of drug-likeness (QED) is 0.0858. The van der Waals surface area contributed by atoms with Crippen LogP contribution in [0.4, 0.5) is 5.69 Å². The Morgan fingerprint density at radius 1 is 0.925 bits per heavy atom. The van der Waals surface area contributed by atoms with Gasteiger partial charge in [0.1, 0.15) is 35.1 Å². The van der Waals surface area contributed by atoms with E-state index in [1.807, 2.05) is 55.4 Å². The van der Waals surface area contributed by atoms with E-state index in [4.69, 9.17) is 42.6 Å². The first-order valence-corrected chi connectivity index (χ1v) is 28.6. The number of carbonyl (C=O) groups is 3. The molecule has 0 spiro atoms. The van der Waals surface area contributed by atoms with Gasteiger partial charge in [0, 0.05) is 68.4 Å². The number of nitrogens with one attached hydrogen (secondary N) is 1. The first kappa shape index (κ1) is 65.3. The van der Waals surface area contributed by atoms with Gasteiger partial charge in [0.2, 0.25) is 5.43 Å². The minimum absolute atomic E-state index is 0.0287. The highest BCUT2D eigenvalue weighted by Crippen LogP contribution is 2.41. The number of aryl methyl sites for hydroxylation is 2. The van der Waals surface area contributed by atoms with Crippen LogP contribution in [0.3, 0.4) is 0 Å². The largest absolute Gasteiger partial charge is 0.477 e. The molecule has 454 valence electrons. The van der Waals surface area contributed by atoms with Gasteiger partial charge >= 0.3 is 17.9 Å². The maximum absolute atomic E-state index is 14.6. The normalized spacial score (nSPS) is 36.9. The molecular weight excluding hydrogens is 1040 g/mol. The summed E-state index contributed by atoms with van der Waals surface area (Å²) in [6.07, 6.45) is -6.20. The van der Waals surface area contributed by atoms with Crippen LogP contribution in [0.1, 0.15) is 124 Å². The van der Waals surface area contributed by atoms with Crippen LogP contribution in [-0.4, -0.2) is 216 Å². The second-order valence-corrected chi connectivity index (χ2v) is 24.0. The summed E-state index contributed by atoms with van der Waals surface area (Å²) in [6.45, 7) is 19.7. The van der Waals surface area contributed by atoms with Crippen LogP contribution < -0.4 is 10.7 Å². The number of aromatic nitrogens is 1. The van der Waals surface area contributed by atoms with Crippen LogP contribution >= 0.6 is 0 Å². The van der Waals surface area contributed by atoms with Crippen molar-refractivity contribution in [1.82, 2.24) is 14.4 Å². The van der Waals surface area contributed by atoms with Crippen LogP contribution in [0, 0.1) is 17.8 Å². The van der Waals surface area contributed by atoms with Crippen molar-refractivity contribution < 1.29 is 82.5 Å². The third-order valence-electron chi connectivity index (χ3n) is 17.1. The number of methoxy groups -OCH3 is 1. The number of nitrogens with zero attached hydrogens (tertiary/aromatic N) is 3. The average Bonchev–Trinajstić information content (AvgIpc) is 3.39. The Morgan fingerprint density at radius 2 is 1.61 bits per heavy atom. The van der Waals surface area contributed by atoms with Gasteiger partial charge in [-0.05, 0) is 125 Å². The molecule has 3 saturated heterocycles. The minimum Gasteiger partial charge on any atom is -0.477 e. The second kappa shape index (κ2) is 27.7. The van der Waals surface area contributed by atoms with Crippen molar-refractivity contribution in [3.05, 3.63) is 39.7 Å². The van der Waals surface area contributed by atoms with Crippen LogP contribution in [0.25, 0.3) is 10.9 Å². The molecule has 4 aliphatic heterocycles. The summed E-state index contributed by atoms with van der Waals surface area (Å²) in [5.74, 6) is -4.70. The lowest BCUT2D eigenvalue weighted by Crippen LogP contribution is -2.61. The predicted molar refractivity (Wildman–Crippen MR) is 296 cm³/mol. The molecule has 80 heavy (non-hydrogen) atoms. The first-order chi connectivity index (χ1) is 37.5. The predicted octanol–water partition coefficient (Wildman–Crippen LogP) is 3.95. The number of carboxylic acid groups (broad SMARTS) is 1. The lowest BCUT2D eigenvalue weighted by atomic mass is 9.77. The summed E-state index contributed by atoms with van der Waals surface area (Å²) < 4.78 is 58.1. The molecule has 6 rings (SSSR count). The Balaban J connectivity index is 1.11. The number of benzene rings is 1. The Bertz CT molecular complexity index is 2460. The van der Waals surface area contributed by atoms with Crippen molar-refractivity contribution in [3.8, 4) is 0 Å². The Kier molecular flexibility index (Phi) is 22.6. The number of hydrogen-bond acceptors (Lipinski definition) is 20. The molecule has 22 heteroatoms. The van der Waals surface area contributed by atoms with E-state index in [0.717, 1.165) is 23.9 Å². The van der Waals surface area contributed by atoms with Gasteiger partial charge in [-0.15, -0.1) is 0 Å². The van der Waals surface area contributed by atoms with Crippen molar-refractivity contribution in [2.24, 2.45) is 17.8 Å². The number of pyridine rings is 1. The lowest BCUT2D eigenvalue weighted by molar-refractivity contribution is -0.318. The summed E-state index contributed by atoms with van der Waals surface area (Å²) in [6, 6.07) is 2.75. The standard InChI is InChI=1S/C58H94N4O18/c1-15-43-58(10,71)50(66)36(6)61(13)30-32(2)28-56(8,70)51(80-55-48(65)42(60(11)12)25-33(3)75-55)34(4)49(35(5)54(69)77-43)79-45-29-57(9,72-14)52(37(7)76-45)78-44(63)18-21-73-23-24-74-22-19-59-39-26-38-17-16-20-62-31-41(53(67)68)47(64)40(27-39)46(38)62/h26-27,31-37,42-43,45,48-52,55,59,65-66,70-71H,15-25,28-30H2,1-14H3,(H,67,68)/t32-,33-,34+,35-,36-,37+,42+,43-,45+,48-,49+,50-,51-,52+,55+,56-,57-,58-/m1/s1. The van der Waals surface area contributed by atoms with Gasteiger partial charge in [0.25, 0.3) is 0 Å². The summed E-state index contributed by atoms with van der Waals surface area (Å²) in [5, 5.41) is 61.4. The summed E-state index contributed by atoms with van der Waals surface area (Å²) in [5.41, 5.74) is -2.99. The molecule has 18 atom stereocenters. The third-order valence-corrected chi connectivity index (χ3v) is 17.1. The smallest absolute Gasteiger partial charge is 0.341 e.